The number of rotatable bonds is 6. The Morgan fingerprint density at radius 2 is 1.84 bits per heavy atom. The molecular weight excluding hydrogens is 320 g/mol. The van der Waals surface area contributed by atoms with Gasteiger partial charge in [0.15, 0.2) is 0 Å². The third-order valence-electron chi connectivity index (χ3n) is 4.42. The van der Waals surface area contributed by atoms with E-state index in [0.29, 0.717) is 43.9 Å². The van der Waals surface area contributed by atoms with Crippen molar-refractivity contribution in [1.82, 2.24) is 9.80 Å². The quantitative estimate of drug-likeness (QED) is 0.791. The maximum atomic E-state index is 12.8. The second kappa shape index (κ2) is 8.52. The Kier molecular flexibility index (Phi) is 6.64. The number of morpholine rings is 1. The number of hydrogen-bond acceptors (Lipinski definition) is 4. The van der Waals surface area contributed by atoms with Gasteiger partial charge in [0.2, 0.25) is 5.91 Å². The fourth-order valence-corrected chi connectivity index (χ4v) is 3.37. The normalized spacial score (nSPS) is 20.6. The molecule has 2 atom stereocenters. The van der Waals surface area contributed by atoms with E-state index in [2.05, 4.69) is 0 Å². The van der Waals surface area contributed by atoms with Crippen LogP contribution in [0.5, 0.6) is 0 Å². The number of aryl methyl sites for hydroxylation is 2. The molecule has 1 saturated heterocycles. The Morgan fingerprint density at radius 3 is 2.36 bits per heavy atom. The molecule has 1 aromatic rings. The van der Waals surface area contributed by atoms with Crippen LogP contribution in [-0.2, 0) is 9.53 Å². The van der Waals surface area contributed by atoms with E-state index in [9.17, 15) is 9.59 Å². The van der Waals surface area contributed by atoms with Crippen molar-refractivity contribution in [2.75, 3.05) is 26.2 Å². The predicted molar refractivity (Wildman–Crippen MR) is 95.6 cm³/mol. The van der Waals surface area contributed by atoms with Gasteiger partial charge in [-0.15, -0.1) is 0 Å². The van der Waals surface area contributed by atoms with Crippen LogP contribution in [0.3, 0.4) is 0 Å². The van der Waals surface area contributed by atoms with Crippen LogP contribution in [0.1, 0.15) is 55.5 Å². The lowest BCUT2D eigenvalue weighted by molar-refractivity contribution is -0.143. The van der Waals surface area contributed by atoms with Gasteiger partial charge in [0.25, 0.3) is 5.91 Å². The monoisotopic (exact) mass is 350 g/mol. The zero-order valence-electron chi connectivity index (χ0n) is 16.0. The number of carbonyl (C=O) groups is 2. The summed E-state index contributed by atoms with van der Waals surface area (Å²) in [4.78, 5) is 28.9. The third-order valence-corrected chi connectivity index (χ3v) is 4.42. The fourth-order valence-electron chi connectivity index (χ4n) is 3.37. The van der Waals surface area contributed by atoms with Crippen LogP contribution in [0.15, 0.2) is 10.5 Å². The van der Waals surface area contributed by atoms with Gasteiger partial charge in [0.05, 0.1) is 17.8 Å². The molecule has 2 unspecified atom stereocenters. The number of hydrogen-bond donors (Lipinski definition) is 0. The summed E-state index contributed by atoms with van der Waals surface area (Å²) in [7, 11) is 0. The Labute approximate surface area is 150 Å². The minimum atomic E-state index is -0.0623. The minimum absolute atomic E-state index is 0.0534. The highest BCUT2D eigenvalue weighted by Crippen LogP contribution is 2.17. The lowest BCUT2D eigenvalue weighted by Crippen LogP contribution is -2.49. The van der Waals surface area contributed by atoms with Crippen LogP contribution >= 0.6 is 0 Å². The topological polar surface area (TPSA) is 63.0 Å². The van der Waals surface area contributed by atoms with Crippen molar-refractivity contribution in [1.29, 1.82) is 0 Å². The number of carbonyl (C=O) groups excluding carboxylic acids is 2. The summed E-state index contributed by atoms with van der Waals surface area (Å²) >= 11 is 0. The van der Waals surface area contributed by atoms with Crippen LogP contribution in [0.25, 0.3) is 0 Å². The summed E-state index contributed by atoms with van der Waals surface area (Å²) in [5, 5.41) is 0. The van der Waals surface area contributed by atoms with Gasteiger partial charge in [0.1, 0.15) is 11.5 Å². The second-order valence-corrected chi connectivity index (χ2v) is 6.93. The van der Waals surface area contributed by atoms with E-state index < -0.39 is 0 Å². The SMILES string of the molecule is CCCN(CCC(=O)N1CC(C)OC(C)C1)C(=O)c1cc(C)oc1C. The van der Waals surface area contributed by atoms with Crippen LogP contribution in [0.2, 0.25) is 0 Å². The summed E-state index contributed by atoms with van der Waals surface area (Å²) in [6, 6.07) is 1.77. The molecule has 2 amide bonds. The molecule has 6 heteroatoms. The zero-order chi connectivity index (χ0) is 18.6. The van der Waals surface area contributed by atoms with Crippen molar-refractivity contribution in [3.05, 3.63) is 23.2 Å². The Morgan fingerprint density at radius 1 is 1.20 bits per heavy atom. The molecule has 140 valence electrons. The van der Waals surface area contributed by atoms with Crippen LogP contribution < -0.4 is 0 Å². The van der Waals surface area contributed by atoms with E-state index in [0.717, 1.165) is 12.2 Å². The molecule has 1 fully saturated rings. The highest BCUT2D eigenvalue weighted by molar-refractivity contribution is 5.95. The molecule has 25 heavy (non-hydrogen) atoms. The van der Waals surface area contributed by atoms with Gasteiger partial charge >= 0.3 is 0 Å². The van der Waals surface area contributed by atoms with Crippen LogP contribution in [0.4, 0.5) is 0 Å². The zero-order valence-corrected chi connectivity index (χ0v) is 16.0. The molecule has 1 aliphatic rings. The van der Waals surface area contributed by atoms with Gasteiger partial charge in [0, 0.05) is 32.6 Å². The molecule has 0 saturated carbocycles. The molecule has 6 nitrogen and oxygen atoms in total. The maximum absolute atomic E-state index is 12.8. The first-order chi connectivity index (χ1) is 11.8. The Balaban J connectivity index is 1.98. The average molecular weight is 350 g/mol. The largest absolute Gasteiger partial charge is 0.466 e. The predicted octanol–water partition coefficient (Wildman–Crippen LogP) is 2.77. The van der Waals surface area contributed by atoms with Crippen molar-refractivity contribution in [3.63, 3.8) is 0 Å². The molecule has 0 radical (unpaired) electrons. The molecule has 0 aromatic carbocycles. The average Bonchev–Trinajstić information content (AvgIpc) is 2.88. The molecule has 2 heterocycles. The van der Waals surface area contributed by atoms with E-state index in [1.54, 1.807) is 17.9 Å². The summed E-state index contributed by atoms with van der Waals surface area (Å²) in [5.74, 6) is 1.37. The summed E-state index contributed by atoms with van der Waals surface area (Å²) in [6.45, 7) is 11.9. The van der Waals surface area contributed by atoms with Crippen molar-refractivity contribution in [2.24, 2.45) is 0 Å². The standard InChI is InChI=1S/C19H30N2O4/c1-6-8-20(19(23)17-10-13(2)25-16(17)5)9-7-18(22)21-11-14(3)24-15(4)12-21/h10,14-15H,6-9,11-12H2,1-5H3. The van der Waals surface area contributed by atoms with Crippen LogP contribution in [-0.4, -0.2) is 60.0 Å². The number of amides is 2. The molecular formula is C19H30N2O4. The second-order valence-electron chi connectivity index (χ2n) is 6.93. The van der Waals surface area contributed by atoms with Crippen molar-refractivity contribution < 1.29 is 18.7 Å². The molecule has 1 aliphatic heterocycles. The first kappa shape index (κ1) is 19.5. The van der Waals surface area contributed by atoms with E-state index in [1.807, 2.05) is 32.6 Å². The van der Waals surface area contributed by atoms with Crippen molar-refractivity contribution >= 4 is 11.8 Å². The van der Waals surface area contributed by atoms with Gasteiger partial charge in [-0.3, -0.25) is 9.59 Å². The number of nitrogens with zero attached hydrogens (tertiary/aromatic N) is 2. The van der Waals surface area contributed by atoms with Crippen molar-refractivity contribution in [2.45, 2.75) is 59.7 Å². The van der Waals surface area contributed by atoms with Gasteiger partial charge < -0.3 is 19.0 Å². The van der Waals surface area contributed by atoms with Gasteiger partial charge in [-0.25, -0.2) is 0 Å². The van der Waals surface area contributed by atoms with E-state index in [-0.39, 0.29) is 24.0 Å². The molecule has 0 N–H and O–H groups in total. The molecule has 0 aliphatic carbocycles. The number of ether oxygens (including phenoxy) is 1. The van der Waals surface area contributed by atoms with Gasteiger partial charge in [-0.2, -0.15) is 0 Å². The summed E-state index contributed by atoms with van der Waals surface area (Å²) in [6.07, 6.45) is 1.29. The van der Waals surface area contributed by atoms with E-state index >= 15 is 0 Å². The fraction of sp³-hybridized carbons (Fsp3) is 0.684. The highest BCUT2D eigenvalue weighted by atomic mass is 16.5. The Hall–Kier alpha value is -1.82. The number of furan rings is 1. The van der Waals surface area contributed by atoms with Crippen LogP contribution in [0, 0.1) is 13.8 Å². The summed E-state index contributed by atoms with van der Waals surface area (Å²) in [5.41, 5.74) is 0.590. The molecule has 1 aromatic heterocycles. The van der Waals surface area contributed by atoms with Crippen molar-refractivity contribution in [3.8, 4) is 0 Å². The van der Waals surface area contributed by atoms with Gasteiger partial charge in [-0.05, 0) is 40.2 Å². The molecule has 0 bridgehead atoms. The van der Waals surface area contributed by atoms with E-state index in [4.69, 9.17) is 9.15 Å². The first-order valence-electron chi connectivity index (χ1n) is 9.11. The Bertz CT molecular complexity index is 601. The summed E-state index contributed by atoms with van der Waals surface area (Å²) < 4.78 is 11.1. The lowest BCUT2D eigenvalue weighted by Gasteiger charge is -2.35. The first-order valence-corrected chi connectivity index (χ1v) is 9.11. The molecule has 0 spiro atoms. The smallest absolute Gasteiger partial charge is 0.257 e. The van der Waals surface area contributed by atoms with E-state index in [1.165, 1.54) is 0 Å². The van der Waals surface area contributed by atoms with Gasteiger partial charge in [-0.1, -0.05) is 6.92 Å². The third kappa shape index (κ3) is 5.08. The minimum Gasteiger partial charge on any atom is -0.466 e. The highest BCUT2D eigenvalue weighted by Gasteiger charge is 2.27. The molecule has 2 rings (SSSR count). The lowest BCUT2D eigenvalue weighted by atomic mass is 10.2. The maximum Gasteiger partial charge on any atom is 0.257 e.